The van der Waals surface area contributed by atoms with Crippen LogP contribution in [0.2, 0.25) is 0 Å². The minimum absolute atomic E-state index is 0.00943. The van der Waals surface area contributed by atoms with E-state index in [0.717, 1.165) is 20.8 Å². The first-order chi connectivity index (χ1) is 34.5. The normalized spacial score (nSPS) is 18.2. The molecule has 0 saturated carbocycles. The minimum Gasteiger partial charge on any atom is -0.337 e. The first-order valence-electron chi connectivity index (χ1n) is 23.4. The van der Waals surface area contributed by atoms with Gasteiger partial charge in [0.05, 0.1) is 33.1 Å². The molecule has 8 rings (SSSR count). The van der Waals surface area contributed by atoms with Gasteiger partial charge in [-0.3, -0.25) is 73.3 Å². The Morgan fingerprint density at radius 3 is 2.19 bits per heavy atom. The Labute approximate surface area is 411 Å². The standard InChI is InChI=1S/C51H49N9O12/c1-31(53-54-41(61)12-4-3-5-23-56-42(62)17-18-43(56)63)32-13-15-33(16-14-32)46(64)55(25-26-58-47(65)37-10-6-9-34-27-35(59(69)70)28-39(44(34)37)49(58)67)22-8-20-52-21-24-57-48(66)38-11-7-19-51(2)30-36(60(71)72)29-40(45(38)51)50(57)68/h6-7,9-11,13-19,27-29,52H,3-5,8,12,20-26,30H2,1-2H3,(H,54,61)/b53-31+/t51-/m1/s1. The largest absolute Gasteiger partial charge is 0.337 e. The number of amides is 8. The Kier molecular flexibility index (Phi) is 14.4. The zero-order valence-electron chi connectivity index (χ0n) is 39.4. The Bertz CT molecular complexity index is 3060. The maximum absolute atomic E-state index is 14.3. The predicted octanol–water partition coefficient (Wildman–Crippen LogP) is 4.52. The van der Waals surface area contributed by atoms with E-state index in [9.17, 15) is 58.6 Å². The van der Waals surface area contributed by atoms with Gasteiger partial charge < -0.3 is 10.2 Å². The fraction of sp³-hybridized carbons (Fsp3) is 0.314. The number of non-ortho nitro benzene ring substituents is 1. The molecule has 21 nitrogen and oxygen atoms in total. The number of allylic oxidation sites excluding steroid dienone is 4. The van der Waals surface area contributed by atoms with Gasteiger partial charge in [-0.25, -0.2) is 5.43 Å². The molecular weight excluding hydrogens is 931 g/mol. The van der Waals surface area contributed by atoms with Crippen LogP contribution in [0.3, 0.4) is 0 Å². The molecule has 0 radical (unpaired) electrons. The molecule has 3 aromatic rings. The fourth-order valence-electron chi connectivity index (χ4n) is 9.53. The lowest BCUT2D eigenvalue weighted by molar-refractivity contribution is -0.429. The zero-order chi connectivity index (χ0) is 51.4. The van der Waals surface area contributed by atoms with E-state index >= 15 is 0 Å². The number of benzene rings is 3. The molecule has 5 aliphatic rings. The highest BCUT2D eigenvalue weighted by atomic mass is 16.6. The van der Waals surface area contributed by atoms with Gasteiger partial charge in [0.15, 0.2) is 0 Å². The molecule has 0 fully saturated rings. The van der Waals surface area contributed by atoms with E-state index in [-0.39, 0.29) is 103 Å². The Morgan fingerprint density at radius 2 is 1.47 bits per heavy atom. The van der Waals surface area contributed by atoms with Crippen LogP contribution < -0.4 is 10.7 Å². The summed E-state index contributed by atoms with van der Waals surface area (Å²) in [7, 11) is 0. The minimum atomic E-state index is -0.887. The average Bonchev–Trinajstić information content (AvgIpc) is 3.69. The summed E-state index contributed by atoms with van der Waals surface area (Å²) in [6.07, 6.45) is 11.0. The van der Waals surface area contributed by atoms with Gasteiger partial charge in [0, 0.05) is 104 Å². The highest BCUT2D eigenvalue weighted by molar-refractivity contribution is 6.26. The summed E-state index contributed by atoms with van der Waals surface area (Å²) < 4.78 is 0. The second kappa shape index (κ2) is 20.8. The van der Waals surface area contributed by atoms with Gasteiger partial charge in [0.25, 0.3) is 47.0 Å². The van der Waals surface area contributed by atoms with Crippen molar-refractivity contribution in [3.05, 3.63) is 156 Å². The SMILES string of the molecule is C/C(=N\NC(=O)CCCCCN1C(=O)C=CC1=O)c1ccc(C(=O)N(CCCNCCN2C(=O)C3=CC=C[C@]4(C)CC([N+](=O)[O-])=CC(=C34)C2=O)CCN2C(=O)c3cccc4cc([N+](=O)[O-])cc(c34)C2=O)cc1. The molecule has 0 spiro atoms. The second-order valence-electron chi connectivity index (χ2n) is 18.1. The number of nitrogens with zero attached hydrogens (tertiary/aromatic N) is 7. The first-order valence-corrected chi connectivity index (χ1v) is 23.4. The molecule has 0 saturated heterocycles. The number of hydrazone groups is 1. The molecular formula is C51H49N9O12. The highest BCUT2D eigenvalue weighted by Gasteiger charge is 2.48. The number of imide groups is 3. The van der Waals surface area contributed by atoms with Crippen molar-refractivity contribution in [3.63, 3.8) is 0 Å². The third-order valence-electron chi connectivity index (χ3n) is 13.3. The van der Waals surface area contributed by atoms with Gasteiger partial charge in [0.1, 0.15) is 0 Å². The number of rotatable bonds is 21. The maximum Gasteiger partial charge on any atom is 0.270 e. The number of nitrogens with one attached hydrogen (secondary N) is 2. The smallest absolute Gasteiger partial charge is 0.270 e. The molecule has 370 valence electrons. The quantitative estimate of drug-likeness (QED) is 0.0489. The molecule has 1 atom stereocenters. The summed E-state index contributed by atoms with van der Waals surface area (Å²) in [4.78, 5) is 132. The topological polar surface area (TPSA) is 272 Å². The maximum atomic E-state index is 14.3. The summed E-state index contributed by atoms with van der Waals surface area (Å²) in [5.41, 5.74) is 3.57. The van der Waals surface area contributed by atoms with Gasteiger partial charge in [-0.15, -0.1) is 0 Å². The summed E-state index contributed by atoms with van der Waals surface area (Å²) in [5, 5.41) is 31.7. The molecule has 2 N–H and O–H groups in total. The third kappa shape index (κ3) is 10.0. The van der Waals surface area contributed by atoms with Crippen LogP contribution in [0, 0.1) is 25.6 Å². The summed E-state index contributed by atoms with van der Waals surface area (Å²) in [6, 6.07) is 13.6. The highest BCUT2D eigenvalue weighted by Crippen LogP contribution is 2.49. The van der Waals surface area contributed by atoms with Crippen LogP contribution in [0.1, 0.15) is 89.0 Å². The first kappa shape index (κ1) is 49.8. The molecule has 3 aromatic carbocycles. The molecule has 21 heteroatoms. The number of hydrogen-bond acceptors (Lipinski definition) is 14. The van der Waals surface area contributed by atoms with Crippen LogP contribution in [0.5, 0.6) is 0 Å². The van der Waals surface area contributed by atoms with Crippen molar-refractivity contribution < 1.29 is 48.2 Å². The van der Waals surface area contributed by atoms with Gasteiger partial charge in [0.2, 0.25) is 11.6 Å². The van der Waals surface area contributed by atoms with Crippen LogP contribution in [0.15, 0.2) is 119 Å². The summed E-state index contributed by atoms with van der Waals surface area (Å²) in [6.45, 7) is 3.86. The molecule has 2 aliphatic carbocycles. The number of nitro groups is 2. The Balaban J connectivity index is 0.908. The van der Waals surface area contributed by atoms with Crippen LogP contribution in [-0.2, 0) is 24.0 Å². The van der Waals surface area contributed by atoms with E-state index in [1.54, 1.807) is 68.5 Å². The van der Waals surface area contributed by atoms with Crippen LogP contribution >= 0.6 is 0 Å². The lowest BCUT2D eigenvalue weighted by Crippen LogP contribution is -2.49. The van der Waals surface area contributed by atoms with Gasteiger partial charge in [-0.05, 0) is 73.5 Å². The second-order valence-corrected chi connectivity index (χ2v) is 18.1. The molecule has 72 heavy (non-hydrogen) atoms. The molecule has 0 aromatic heterocycles. The number of nitro benzene ring substituents is 1. The van der Waals surface area contributed by atoms with Crippen molar-refractivity contribution in [2.45, 2.75) is 52.4 Å². The molecule has 0 unspecified atom stereocenters. The number of carbonyl (C=O) groups excluding carboxylic acids is 8. The van der Waals surface area contributed by atoms with E-state index in [4.69, 9.17) is 0 Å². The number of carbonyl (C=O) groups is 8. The third-order valence-corrected chi connectivity index (χ3v) is 13.3. The van der Waals surface area contributed by atoms with E-state index in [1.807, 2.05) is 0 Å². The van der Waals surface area contributed by atoms with Crippen molar-refractivity contribution in [3.8, 4) is 0 Å². The molecule has 8 amide bonds. The van der Waals surface area contributed by atoms with Crippen molar-refractivity contribution in [2.75, 3.05) is 45.8 Å². The van der Waals surface area contributed by atoms with Crippen molar-refractivity contribution in [1.29, 1.82) is 0 Å². The van der Waals surface area contributed by atoms with Crippen LogP contribution in [0.25, 0.3) is 10.8 Å². The van der Waals surface area contributed by atoms with Crippen molar-refractivity contribution >= 4 is 69.4 Å². The number of unbranched alkanes of at least 4 members (excludes halogenated alkanes) is 2. The van der Waals surface area contributed by atoms with E-state index < -0.39 is 44.8 Å². The van der Waals surface area contributed by atoms with Crippen LogP contribution in [0.4, 0.5) is 5.69 Å². The van der Waals surface area contributed by atoms with Gasteiger partial charge >= 0.3 is 0 Å². The van der Waals surface area contributed by atoms with E-state index in [0.29, 0.717) is 65.4 Å². The monoisotopic (exact) mass is 979 g/mol. The predicted molar refractivity (Wildman–Crippen MR) is 259 cm³/mol. The Morgan fingerprint density at radius 1 is 0.764 bits per heavy atom. The van der Waals surface area contributed by atoms with Gasteiger partial charge in [-0.2, -0.15) is 5.10 Å². The van der Waals surface area contributed by atoms with Crippen molar-refractivity contribution in [1.82, 2.24) is 30.3 Å². The zero-order valence-corrected chi connectivity index (χ0v) is 39.4. The van der Waals surface area contributed by atoms with Gasteiger partial charge in [-0.1, -0.05) is 49.8 Å². The number of hydrogen-bond donors (Lipinski definition) is 2. The fourth-order valence-corrected chi connectivity index (χ4v) is 9.53. The summed E-state index contributed by atoms with van der Waals surface area (Å²) >= 11 is 0. The Hall–Kier alpha value is -8.59. The van der Waals surface area contributed by atoms with E-state index in [1.165, 1.54) is 35.3 Å². The lowest BCUT2D eigenvalue weighted by atomic mass is 9.66. The van der Waals surface area contributed by atoms with E-state index in [2.05, 4.69) is 15.8 Å². The van der Waals surface area contributed by atoms with Crippen LogP contribution in [-0.4, -0.2) is 128 Å². The molecule has 3 heterocycles. The molecule has 0 bridgehead atoms. The average molecular weight is 980 g/mol. The van der Waals surface area contributed by atoms with Crippen molar-refractivity contribution in [2.24, 2.45) is 10.5 Å². The molecule has 3 aliphatic heterocycles. The summed E-state index contributed by atoms with van der Waals surface area (Å²) in [5.74, 6) is -3.97. The lowest BCUT2D eigenvalue weighted by Gasteiger charge is -2.40.